The molecule has 2 saturated heterocycles. The van der Waals surface area contributed by atoms with Crippen LogP contribution >= 0.6 is 0 Å². The number of aliphatic hydroxyl groups is 9. The van der Waals surface area contributed by atoms with Gasteiger partial charge in [0.2, 0.25) is 0 Å². The minimum absolute atomic E-state index is 0.201. The number of Topliss-reactive ketones (excluding diaryl/α,β-unsaturated/α-hetero) is 1. The first-order valence-electron chi connectivity index (χ1n) is 22.2. The summed E-state index contributed by atoms with van der Waals surface area (Å²) in [7, 11) is 0. The number of aliphatic carboxylic acids is 1. The molecular weight excluding hydrogens is 851 g/mol. The molecule has 12 N–H and O–H groups in total. The zero-order chi connectivity index (χ0) is 48.4. The minimum atomic E-state index is -2.37. The van der Waals surface area contributed by atoms with Gasteiger partial charge in [-0.15, -0.1) is 0 Å². The van der Waals surface area contributed by atoms with E-state index in [-0.39, 0.29) is 25.2 Å². The number of fused-ring (bicyclic) bond motifs is 2. The van der Waals surface area contributed by atoms with Gasteiger partial charge in [-0.05, 0) is 26.7 Å². The Kier molecular flexibility index (Phi) is 23.2. The van der Waals surface area contributed by atoms with Gasteiger partial charge >= 0.3 is 11.9 Å². The van der Waals surface area contributed by atoms with Crippen LogP contribution in [0.15, 0.2) is 85.1 Å². The van der Waals surface area contributed by atoms with E-state index in [1.165, 1.54) is 13.0 Å². The lowest BCUT2D eigenvalue weighted by molar-refractivity contribution is -0.310. The van der Waals surface area contributed by atoms with E-state index in [1.807, 2.05) is 13.0 Å². The molecule has 0 aromatic heterocycles. The number of ether oxygens (including phenoxy) is 4. The number of nitrogens with two attached hydrogens (primary N) is 1. The summed E-state index contributed by atoms with van der Waals surface area (Å²) < 4.78 is 23.1. The van der Waals surface area contributed by atoms with Crippen molar-refractivity contribution in [3.63, 3.8) is 0 Å². The van der Waals surface area contributed by atoms with Crippen molar-refractivity contribution in [2.45, 2.75) is 170 Å². The zero-order valence-electron chi connectivity index (χ0n) is 37.5. The second-order valence-corrected chi connectivity index (χ2v) is 17.4. The highest BCUT2D eigenvalue weighted by Crippen LogP contribution is 2.38. The second kappa shape index (κ2) is 27.2. The molecule has 0 aliphatic carbocycles. The molecule has 0 amide bonds. The van der Waals surface area contributed by atoms with Gasteiger partial charge in [0.05, 0.1) is 73.5 Å². The molecule has 3 heterocycles. The highest BCUT2D eigenvalue weighted by atomic mass is 16.7. The molecule has 366 valence electrons. The zero-order valence-corrected chi connectivity index (χ0v) is 37.5. The number of esters is 1. The number of carboxylic acids is 1. The van der Waals surface area contributed by atoms with Crippen LogP contribution in [0.4, 0.5) is 0 Å². The van der Waals surface area contributed by atoms with Crippen LogP contribution in [0.1, 0.15) is 79.1 Å². The topological polar surface area (TPSA) is 316 Å². The van der Waals surface area contributed by atoms with Crippen molar-refractivity contribution < 1.29 is 84.4 Å². The van der Waals surface area contributed by atoms with Crippen LogP contribution in [0.3, 0.4) is 0 Å². The Hall–Kier alpha value is -3.73. The fourth-order valence-electron chi connectivity index (χ4n) is 7.81. The van der Waals surface area contributed by atoms with Crippen LogP contribution in [-0.2, 0) is 33.3 Å². The molecule has 0 spiro atoms. The lowest BCUT2D eigenvalue weighted by atomic mass is 9.82. The molecule has 2 bridgehead atoms. The summed E-state index contributed by atoms with van der Waals surface area (Å²) >= 11 is 0. The van der Waals surface area contributed by atoms with Crippen LogP contribution in [0.25, 0.3) is 0 Å². The van der Waals surface area contributed by atoms with Crippen molar-refractivity contribution in [2.75, 3.05) is 0 Å². The monoisotopic (exact) mass is 921 g/mol. The lowest BCUT2D eigenvalue weighted by Gasteiger charge is -2.45. The maximum Gasteiger partial charge on any atom is 0.311 e. The van der Waals surface area contributed by atoms with Crippen molar-refractivity contribution in [2.24, 2.45) is 23.5 Å². The summed E-state index contributed by atoms with van der Waals surface area (Å²) in [5.41, 5.74) is 6.01. The van der Waals surface area contributed by atoms with Crippen LogP contribution < -0.4 is 5.73 Å². The number of carbonyl (C=O) groups excluding carboxylic acids is 2. The highest BCUT2D eigenvalue weighted by molar-refractivity contribution is 5.80. The summed E-state index contributed by atoms with van der Waals surface area (Å²) in [5.74, 6) is -7.57. The molecule has 65 heavy (non-hydrogen) atoms. The van der Waals surface area contributed by atoms with Crippen molar-refractivity contribution >= 4 is 17.7 Å². The van der Waals surface area contributed by atoms with Gasteiger partial charge in [-0.25, -0.2) is 0 Å². The number of rotatable bonds is 3. The molecule has 0 aromatic rings. The Balaban J connectivity index is 1.86. The van der Waals surface area contributed by atoms with Gasteiger partial charge in [0.1, 0.15) is 23.9 Å². The number of allylic oxidation sites excluding steroid dienone is 12. The van der Waals surface area contributed by atoms with Gasteiger partial charge in [0.15, 0.2) is 12.1 Å². The standard InChI is InChI=1S/C47H71NO17/c1-27-17-15-13-11-9-7-5-6-8-10-12-14-16-18-34(64-46-44(58)41(48)43(57)30(4)63-46)24-38-40(45(59)60)37(54)26-47(61,65-38)25-36(53)35(52)20-19-31(49)21-32(50)22-33(51)23-39(55)62-29(3)28(2)42(27)56/h5-18,27-31,33-38,40-44,46,49,51-54,56-58,61H,19-26,48H2,1-4H3,(H,59,60)/t27-,28-,29-,30+,31+,33+,34-,35+,36+,37-,38-,40+,41-,42+,43+,44-,46-,47+/m0/s1. The summed E-state index contributed by atoms with van der Waals surface area (Å²) in [6.45, 7) is 6.69. The average Bonchev–Trinajstić information content (AvgIpc) is 3.21. The summed E-state index contributed by atoms with van der Waals surface area (Å²) in [6.07, 6.45) is 3.75. The Morgan fingerprint density at radius 1 is 0.677 bits per heavy atom. The van der Waals surface area contributed by atoms with E-state index in [1.54, 1.807) is 86.8 Å². The number of cyclic esters (lactones) is 1. The number of hydrogen-bond acceptors (Lipinski definition) is 17. The van der Waals surface area contributed by atoms with E-state index in [4.69, 9.17) is 24.7 Å². The fourth-order valence-corrected chi connectivity index (χ4v) is 7.81. The molecule has 2 fully saturated rings. The third-order valence-corrected chi connectivity index (χ3v) is 11.9. The second-order valence-electron chi connectivity index (χ2n) is 17.4. The van der Waals surface area contributed by atoms with Crippen molar-refractivity contribution in [3.05, 3.63) is 85.1 Å². The van der Waals surface area contributed by atoms with E-state index in [9.17, 15) is 65.4 Å². The fraction of sp³-hybridized carbons (Fsp3) is 0.638. The van der Waals surface area contributed by atoms with Gasteiger partial charge in [0.25, 0.3) is 0 Å². The normalized spacial score (nSPS) is 40.9. The third-order valence-electron chi connectivity index (χ3n) is 11.9. The quantitative estimate of drug-likeness (QED) is 0.175. The molecule has 0 unspecified atom stereocenters. The number of ketones is 1. The first-order chi connectivity index (χ1) is 30.6. The van der Waals surface area contributed by atoms with Gasteiger partial charge in [-0.3, -0.25) is 14.4 Å². The molecule has 18 atom stereocenters. The average molecular weight is 922 g/mol. The Bertz CT molecular complexity index is 1710. The molecule has 3 aliphatic rings. The predicted octanol–water partition coefficient (Wildman–Crippen LogP) is 0.920. The van der Waals surface area contributed by atoms with Crippen molar-refractivity contribution in [3.8, 4) is 0 Å². The first kappa shape index (κ1) is 55.6. The van der Waals surface area contributed by atoms with Gasteiger partial charge in [0, 0.05) is 43.9 Å². The van der Waals surface area contributed by atoms with E-state index in [2.05, 4.69) is 0 Å². The maximum absolute atomic E-state index is 12.7. The molecule has 0 aromatic carbocycles. The smallest absolute Gasteiger partial charge is 0.311 e. The minimum Gasteiger partial charge on any atom is -0.481 e. The highest BCUT2D eigenvalue weighted by Gasteiger charge is 2.51. The van der Waals surface area contributed by atoms with E-state index < -0.39 is 153 Å². The van der Waals surface area contributed by atoms with Crippen LogP contribution in [0.5, 0.6) is 0 Å². The summed E-state index contributed by atoms with van der Waals surface area (Å²) in [5, 5.41) is 107. The third kappa shape index (κ3) is 18.5. The molecule has 0 saturated carbocycles. The maximum atomic E-state index is 12.7. The van der Waals surface area contributed by atoms with Gasteiger partial charge in [-0.1, -0.05) is 98.9 Å². The number of hydrogen-bond donors (Lipinski definition) is 11. The molecule has 3 rings (SSSR count). The molecule has 3 aliphatic heterocycles. The SMILES string of the molecule is C[C@@H]1[C@H](O)[C@@H](C)C=CC=CC=CC=CC=CC=CC=C[C@H](O[C@@H]2O[C@H](C)[C@@H](O)[C@H](N)[C@@H]2O)C[C@@H]2O[C@](O)(C[C@@H](O)[C@H](O)CC[C@@H](O)CC(=O)C[C@@H](O)CC(=O)O[C@H]1C)C[C@H](O)[C@H]2C(=O)O. The lowest BCUT2D eigenvalue weighted by Crippen LogP contribution is -2.61. The Labute approximate surface area is 380 Å². The predicted molar refractivity (Wildman–Crippen MR) is 236 cm³/mol. The first-order valence-corrected chi connectivity index (χ1v) is 22.2. The Morgan fingerprint density at radius 3 is 1.80 bits per heavy atom. The van der Waals surface area contributed by atoms with E-state index in [0.717, 1.165) is 0 Å². The number of carbonyl (C=O) groups is 3. The summed E-state index contributed by atoms with van der Waals surface area (Å²) in [6, 6.07) is -1.15. The Morgan fingerprint density at radius 2 is 1.22 bits per heavy atom. The number of carboxylic acid groups (broad SMARTS) is 1. The van der Waals surface area contributed by atoms with Crippen LogP contribution in [-0.4, -0.2) is 160 Å². The molecule has 0 radical (unpaired) electrons. The number of aliphatic hydroxyl groups excluding tert-OH is 8. The van der Waals surface area contributed by atoms with Gasteiger partial charge in [-0.2, -0.15) is 0 Å². The van der Waals surface area contributed by atoms with E-state index >= 15 is 0 Å². The molecular formula is C47H71NO17. The van der Waals surface area contributed by atoms with Gasteiger partial charge < -0.3 is 75.7 Å². The van der Waals surface area contributed by atoms with Crippen LogP contribution in [0, 0.1) is 17.8 Å². The molecule has 18 heteroatoms. The van der Waals surface area contributed by atoms with Crippen molar-refractivity contribution in [1.29, 1.82) is 0 Å². The summed E-state index contributed by atoms with van der Waals surface area (Å²) in [4.78, 5) is 37.7. The van der Waals surface area contributed by atoms with Crippen molar-refractivity contribution in [1.82, 2.24) is 0 Å². The van der Waals surface area contributed by atoms with E-state index in [0.29, 0.717) is 0 Å². The molecule has 18 nitrogen and oxygen atoms in total. The van der Waals surface area contributed by atoms with Crippen LogP contribution in [0.2, 0.25) is 0 Å². The largest absolute Gasteiger partial charge is 0.481 e.